The zero-order chi connectivity index (χ0) is 12.0. The van der Waals surface area contributed by atoms with Crippen LogP contribution in [0.1, 0.15) is 23.7 Å². The molecule has 0 unspecified atom stereocenters. The number of hydrogen-bond donors (Lipinski definition) is 2. The maximum Gasteiger partial charge on any atom is 0.252 e. The summed E-state index contributed by atoms with van der Waals surface area (Å²) in [4.78, 5) is 17.5. The fourth-order valence-electron chi connectivity index (χ4n) is 1.59. The predicted octanol–water partition coefficient (Wildman–Crippen LogP) is 0.356. The first-order valence-corrected chi connectivity index (χ1v) is 5.40. The Balaban J connectivity index is 3.02. The lowest BCUT2D eigenvalue weighted by Crippen LogP contribution is -2.32. The molecule has 0 radical (unpaired) electrons. The summed E-state index contributed by atoms with van der Waals surface area (Å²) < 4.78 is 0. The molecule has 0 aromatic carbocycles. The van der Waals surface area contributed by atoms with Gasteiger partial charge in [0, 0.05) is 25.8 Å². The minimum absolute atomic E-state index is 0.449. The lowest BCUT2D eigenvalue weighted by Gasteiger charge is -2.23. The van der Waals surface area contributed by atoms with Gasteiger partial charge in [-0.25, -0.2) is 4.98 Å². The molecule has 16 heavy (non-hydrogen) atoms. The number of nitrogens with two attached hydrogens (primary N) is 2. The van der Waals surface area contributed by atoms with Gasteiger partial charge in [0.15, 0.2) is 0 Å². The number of rotatable bonds is 6. The average molecular weight is 222 g/mol. The second-order valence-corrected chi connectivity index (χ2v) is 3.51. The molecule has 0 saturated carbocycles. The number of aromatic nitrogens is 1. The molecule has 88 valence electrons. The Hall–Kier alpha value is -1.62. The molecule has 4 N–H and O–H groups in total. The van der Waals surface area contributed by atoms with Gasteiger partial charge in [0.05, 0.1) is 5.56 Å². The smallest absolute Gasteiger partial charge is 0.252 e. The normalized spacial score (nSPS) is 10.1. The SMILES string of the molecule is CCCN(CCN)c1ncccc1C(N)=O. The van der Waals surface area contributed by atoms with Crippen LogP contribution in [0.25, 0.3) is 0 Å². The molecule has 0 aliphatic heterocycles. The summed E-state index contributed by atoms with van der Waals surface area (Å²) in [5, 5.41) is 0. The Morgan fingerprint density at radius 3 is 2.81 bits per heavy atom. The summed E-state index contributed by atoms with van der Waals surface area (Å²) in [5.41, 5.74) is 11.3. The summed E-state index contributed by atoms with van der Waals surface area (Å²) in [6, 6.07) is 3.39. The quantitative estimate of drug-likeness (QED) is 0.727. The standard InChI is InChI=1S/C11H18N4O/c1-2-7-15(8-5-12)11-9(10(13)16)4-3-6-14-11/h3-4,6H,2,5,7-8,12H2,1H3,(H2,13,16). The summed E-state index contributed by atoms with van der Waals surface area (Å²) in [5.74, 6) is 0.170. The van der Waals surface area contributed by atoms with Crippen molar-refractivity contribution in [2.24, 2.45) is 11.5 Å². The van der Waals surface area contributed by atoms with Crippen molar-refractivity contribution in [3.63, 3.8) is 0 Å². The molecule has 0 fully saturated rings. The van der Waals surface area contributed by atoms with Crippen molar-refractivity contribution in [3.8, 4) is 0 Å². The van der Waals surface area contributed by atoms with Crippen molar-refractivity contribution >= 4 is 11.7 Å². The van der Waals surface area contributed by atoms with E-state index in [0.717, 1.165) is 13.0 Å². The van der Waals surface area contributed by atoms with E-state index in [1.54, 1.807) is 18.3 Å². The third-order valence-electron chi connectivity index (χ3n) is 2.24. The van der Waals surface area contributed by atoms with Gasteiger partial charge in [0.1, 0.15) is 5.82 Å². The van der Waals surface area contributed by atoms with Gasteiger partial charge < -0.3 is 16.4 Å². The van der Waals surface area contributed by atoms with Gasteiger partial charge in [-0.15, -0.1) is 0 Å². The van der Waals surface area contributed by atoms with Crippen LogP contribution in [0.3, 0.4) is 0 Å². The number of carbonyl (C=O) groups is 1. The van der Waals surface area contributed by atoms with E-state index in [4.69, 9.17) is 11.5 Å². The van der Waals surface area contributed by atoms with Crippen LogP contribution >= 0.6 is 0 Å². The Morgan fingerprint density at radius 1 is 1.50 bits per heavy atom. The average Bonchev–Trinajstić information content (AvgIpc) is 2.29. The zero-order valence-corrected chi connectivity index (χ0v) is 9.52. The molecule has 1 rings (SSSR count). The summed E-state index contributed by atoms with van der Waals surface area (Å²) in [7, 11) is 0. The first-order chi connectivity index (χ1) is 7.70. The number of primary amides is 1. The monoisotopic (exact) mass is 222 g/mol. The fourth-order valence-corrected chi connectivity index (χ4v) is 1.59. The first kappa shape index (κ1) is 12.4. The van der Waals surface area contributed by atoms with Crippen LogP contribution in [-0.4, -0.2) is 30.5 Å². The zero-order valence-electron chi connectivity index (χ0n) is 9.52. The number of anilines is 1. The lowest BCUT2D eigenvalue weighted by atomic mass is 10.2. The van der Waals surface area contributed by atoms with Crippen LogP contribution in [0, 0.1) is 0 Å². The van der Waals surface area contributed by atoms with Crippen molar-refractivity contribution in [2.75, 3.05) is 24.5 Å². The highest BCUT2D eigenvalue weighted by Gasteiger charge is 2.14. The number of amides is 1. The molecule has 0 bridgehead atoms. The second kappa shape index (κ2) is 6.07. The van der Waals surface area contributed by atoms with E-state index >= 15 is 0 Å². The molecule has 1 aromatic heterocycles. The largest absolute Gasteiger partial charge is 0.365 e. The van der Waals surface area contributed by atoms with E-state index in [0.29, 0.717) is 24.5 Å². The maximum absolute atomic E-state index is 11.3. The van der Waals surface area contributed by atoms with E-state index in [9.17, 15) is 4.79 Å². The van der Waals surface area contributed by atoms with Crippen LogP contribution in [-0.2, 0) is 0 Å². The highest BCUT2D eigenvalue weighted by molar-refractivity contribution is 5.97. The molecular weight excluding hydrogens is 204 g/mol. The minimum atomic E-state index is -0.457. The van der Waals surface area contributed by atoms with E-state index < -0.39 is 5.91 Å². The van der Waals surface area contributed by atoms with E-state index in [-0.39, 0.29) is 0 Å². The summed E-state index contributed by atoms with van der Waals surface area (Å²) in [6.45, 7) is 4.07. The van der Waals surface area contributed by atoms with Crippen molar-refractivity contribution in [1.82, 2.24) is 4.98 Å². The highest BCUT2D eigenvalue weighted by Crippen LogP contribution is 2.16. The van der Waals surface area contributed by atoms with Crippen molar-refractivity contribution in [2.45, 2.75) is 13.3 Å². The van der Waals surface area contributed by atoms with Gasteiger partial charge in [0.25, 0.3) is 5.91 Å². The number of pyridine rings is 1. The van der Waals surface area contributed by atoms with Crippen molar-refractivity contribution in [1.29, 1.82) is 0 Å². The van der Waals surface area contributed by atoms with E-state index in [2.05, 4.69) is 11.9 Å². The third-order valence-corrected chi connectivity index (χ3v) is 2.24. The molecule has 5 nitrogen and oxygen atoms in total. The lowest BCUT2D eigenvalue weighted by molar-refractivity contribution is 0.100. The van der Waals surface area contributed by atoms with Crippen LogP contribution in [0.4, 0.5) is 5.82 Å². The van der Waals surface area contributed by atoms with Crippen molar-refractivity contribution < 1.29 is 4.79 Å². The first-order valence-electron chi connectivity index (χ1n) is 5.40. The van der Waals surface area contributed by atoms with E-state index in [1.165, 1.54) is 0 Å². The molecule has 1 amide bonds. The molecular formula is C11H18N4O. The van der Waals surface area contributed by atoms with Gasteiger partial charge in [-0.1, -0.05) is 6.92 Å². The molecule has 0 atom stereocenters. The molecule has 0 saturated heterocycles. The fraction of sp³-hybridized carbons (Fsp3) is 0.455. The Kier molecular flexibility index (Phi) is 4.72. The summed E-state index contributed by atoms with van der Waals surface area (Å²) >= 11 is 0. The second-order valence-electron chi connectivity index (χ2n) is 3.51. The number of carbonyl (C=O) groups excluding carboxylic acids is 1. The minimum Gasteiger partial charge on any atom is -0.365 e. The van der Waals surface area contributed by atoms with Gasteiger partial charge >= 0.3 is 0 Å². The van der Waals surface area contributed by atoms with Gasteiger partial charge in [-0.3, -0.25) is 4.79 Å². The predicted molar refractivity (Wildman–Crippen MR) is 64.3 cm³/mol. The van der Waals surface area contributed by atoms with E-state index in [1.807, 2.05) is 4.90 Å². The van der Waals surface area contributed by atoms with Gasteiger partial charge in [-0.05, 0) is 18.6 Å². The number of hydrogen-bond acceptors (Lipinski definition) is 4. The molecule has 0 aliphatic rings. The Morgan fingerprint density at radius 2 is 2.25 bits per heavy atom. The molecule has 1 aromatic rings. The van der Waals surface area contributed by atoms with Crippen LogP contribution < -0.4 is 16.4 Å². The molecule has 1 heterocycles. The molecule has 5 heteroatoms. The Labute approximate surface area is 95.4 Å². The molecule has 0 spiro atoms. The summed E-state index contributed by atoms with van der Waals surface area (Å²) in [6.07, 6.45) is 2.62. The van der Waals surface area contributed by atoms with Crippen LogP contribution in [0.2, 0.25) is 0 Å². The van der Waals surface area contributed by atoms with Gasteiger partial charge in [-0.2, -0.15) is 0 Å². The Bertz CT molecular complexity index is 348. The van der Waals surface area contributed by atoms with Crippen molar-refractivity contribution in [3.05, 3.63) is 23.9 Å². The molecule has 0 aliphatic carbocycles. The third kappa shape index (κ3) is 2.93. The highest BCUT2D eigenvalue weighted by atomic mass is 16.1. The van der Waals surface area contributed by atoms with Gasteiger partial charge in [0.2, 0.25) is 0 Å². The van der Waals surface area contributed by atoms with Crippen LogP contribution in [0.15, 0.2) is 18.3 Å². The maximum atomic E-state index is 11.3. The van der Waals surface area contributed by atoms with Crippen LogP contribution in [0.5, 0.6) is 0 Å². The number of nitrogens with zero attached hydrogens (tertiary/aromatic N) is 2. The topological polar surface area (TPSA) is 85.2 Å².